The molecule has 1 heterocycles. The number of hydrogen-bond donors (Lipinski definition) is 0. The van der Waals surface area contributed by atoms with Gasteiger partial charge in [0.2, 0.25) is 0 Å². The Labute approximate surface area is 114 Å². The standard InChI is InChI=1S/C13H12BrNO3/c1-17-12(16)10-3-2-9(6-11(10)14)13(7-15)4-5-18-8-13/h2-3,6H,4-5,8H2,1H3. The maximum absolute atomic E-state index is 11.5. The molecule has 1 fully saturated rings. The molecule has 0 aromatic heterocycles. The summed E-state index contributed by atoms with van der Waals surface area (Å²) >= 11 is 3.34. The fourth-order valence-corrected chi connectivity index (χ4v) is 2.57. The van der Waals surface area contributed by atoms with Crippen LogP contribution >= 0.6 is 15.9 Å². The minimum absolute atomic E-state index is 0.396. The van der Waals surface area contributed by atoms with Crippen molar-refractivity contribution >= 4 is 21.9 Å². The van der Waals surface area contributed by atoms with Gasteiger partial charge >= 0.3 is 5.97 Å². The van der Waals surface area contributed by atoms with Gasteiger partial charge in [0, 0.05) is 11.1 Å². The third-order valence-corrected chi connectivity index (χ3v) is 3.82. The minimum Gasteiger partial charge on any atom is -0.465 e. The first-order chi connectivity index (χ1) is 8.63. The van der Waals surface area contributed by atoms with Crippen molar-refractivity contribution in [2.75, 3.05) is 20.3 Å². The van der Waals surface area contributed by atoms with Gasteiger partial charge in [-0.05, 0) is 40.0 Å². The maximum Gasteiger partial charge on any atom is 0.338 e. The van der Waals surface area contributed by atoms with Gasteiger partial charge in [-0.25, -0.2) is 4.79 Å². The van der Waals surface area contributed by atoms with Gasteiger partial charge in [0.25, 0.3) is 0 Å². The monoisotopic (exact) mass is 309 g/mol. The molecular weight excluding hydrogens is 298 g/mol. The summed E-state index contributed by atoms with van der Waals surface area (Å²) in [5.74, 6) is -0.401. The number of carbonyl (C=O) groups is 1. The van der Waals surface area contributed by atoms with E-state index in [2.05, 4.69) is 26.7 Å². The molecule has 94 valence electrons. The number of ether oxygens (including phenoxy) is 2. The fraction of sp³-hybridized carbons (Fsp3) is 0.385. The first-order valence-corrected chi connectivity index (χ1v) is 6.29. The van der Waals surface area contributed by atoms with Gasteiger partial charge in [-0.2, -0.15) is 5.26 Å². The molecule has 5 heteroatoms. The van der Waals surface area contributed by atoms with Crippen LogP contribution in [-0.2, 0) is 14.9 Å². The van der Waals surface area contributed by atoms with Crippen molar-refractivity contribution in [1.82, 2.24) is 0 Å². The van der Waals surface area contributed by atoms with Gasteiger partial charge in [-0.3, -0.25) is 0 Å². The number of halogens is 1. The zero-order valence-electron chi connectivity index (χ0n) is 9.90. The van der Waals surface area contributed by atoms with Crippen LogP contribution in [0.4, 0.5) is 0 Å². The highest BCUT2D eigenvalue weighted by Gasteiger charge is 2.37. The second kappa shape index (κ2) is 5.09. The molecule has 0 N–H and O–H groups in total. The molecule has 0 bridgehead atoms. The number of benzene rings is 1. The third-order valence-electron chi connectivity index (χ3n) is 3.16. The van der Waals surface area contributed by atoms with Crippen molar-refractivity contribution < 1.29 is 14.3 Å². The molecule has 18 heavy (non-hydrogen) atoms. The van der Waals surface area contributed by atoms with Gasteiger partial charge in [0.05, 0.1) is 25.3 Å². The van der Waals surface area contributed by atoms with Crippen LogP contribution in [0.25, 0.3) is 0 Å². The van der Waals surface area contributed by atoms with E-state index in [0.717, 1.165) is 5.56 Å². The first kappa shape index (κ1) is 13.1. The Bertz CT molecular complexity index is 515. The van der Waals surface area contributed by atoms with E-state index in [4.69, 9.17) is 4.74 Å². The molecule has 1 atom stereocenters. The van der Waals surface area contributed by atoms with E-state index >= 15 is 0 Å². The van der Waals surface area contributed by atoms with Gasteiger partial charge < -0.3 is 9.47 Å². The number of methoxy groups -OCH3 is 1. The SMILES string of the molecule is COC(=O)c1ccc(C2(C#N)CCOC2)cc1Br. The van der Waals surface area contributed by atoms with Crippen LogP contribution in [0.3, 0.4) is 0 Å². The van der Waals surface area contributed by atoms with Crippen molar-refractivity contribution in [2.45, 2.75) is 11.8 Å². The topological polar surface area (TPSA) is 59.3 Å². The van der Waals surface area contributed by atoms with Crippen molar-refractivity contribution in [3.05, 3.63) is 33.8 Å². The summed E-state index contributed by atoms with van der Waals surface area (Å²) in [6.45, 7) is 0.984. The lowest BCUT2D eigenvalue weighted by atomic mass is 9.81. The average Bonchev–Trinajstić information content (AvgIpc) is 2.87. The van der Waals surface area contributed by atoms with Crippen LogP contribution in [-0.4, -0.2) is 26.3 Å². The largest absolute Gasteiger partial charge is 0.465 e. The quantitative estimate of drug-likeness (QED) is 0.787. The Morgan fingerprint density at radius 1 is 1.61 bits per heavy atom. The van der Waals surface area contributed by atoms with Crippen LogP contribution in [0.15, 0.2) is 22.7 Å². The molecule has 0 saturated carbocycles. The molecular formula is C13H12BrNO3. The number of nitrogens with zero attached hydrogens (tertiary/aromatic N) is 1. The molecule has 0 radical (unpaired) electrons. The van der Waals surface area contributed by atoms with E-state index in [0.29, 0.717) is 29.7 Å². The summed E-state index contributed by atoms with van der Waals surface area (Å²) in [7, 11) is 1.34. The second-order valence-corrected chi connectivity index (χ2v) is 5.04. The zero-order valence-corrected chi connectivity index (χ0v) is 11.5. The fourth-order valence-electron chi connectivity index (χ4n) is 2.03. The summed E-state index contributed by atoms with van der Waals surface area (Å²) in [6, 6.07) is 7.57. The smallest absolute Gasteiger partial charge is 0.338 e. The Morgan fingerprint density at radius 3 is 2.89 bits per heavy atom. The lowest BCUT2D eigenvalue weighted by Crippen LogP contribution is -2.24. The molecule has 0 amide bonds. The van der Waals surface area contributed by atoms with Gasteiger partial charge in [0.1, 0.15) is 5.41 Å². The Kier molecular flexibility index (Phi) is 3.69. The molecule has 1 aromatic rings. The molecule has 1 aromatic carbocycles. The van der Waals surface area contributed by atoms with Gasteiger partial charge in [0.15, 0.2) is 0 Å². The predicted octanol–water partition coefficient (Wildman–Crippen LogP) is 2.42. The Morgan fingerprint density at radius 2 is 2.39 bits per heavy atom. The van der Waals surface area contributed by atoms with Crippen molar-refractivity contribution in [1.29, 1.82) is 5.26 Å². The zero-order chi connectivity index (χ0) is 13.2. The average molecular weight is 310 g/mol. The molecule has 1 aliphatic rings. The van der Waals surface area contributed by atoms with Crippen LogP contribution in [0, 0.1) is 11.3 Å². The number of carbonyl (C=O) groups excluding carboxylic acids is 1. The number of rotatable bonds is 2. The lowest BCUT2D eigenvalue weighted by Gasteiger charge is -2.19. The van der Waals surface area contributed by atoms with Crippen LogP contribution in [0.5, 0.6) is 0 Å². The second-order valence-electron chi connectivity index (χ2n) is 4.18. The Balaban J connectivity index is 2.40. The van der Waals surface area contributed by atoms with Gasteiger partial charge in [-0.1, -0.05) is 6.07 Å². The molecule has 0 aliphatic carbocycles. The van der Waals surface area contributed by atoms with Crippen LogP contribution in [0.2, 0.25) is 0 Å². The van der Waals surface area contributed by atoms with Crippen LogP contribution in [0.1, 0.15) is 22.3 Å². The normalized spacial score (nSPS) is 22.5. The summed E-state index contributed by atoms with van der Waals surface area (Å²) in [4.78, 5) is 11.5. The highest BCUT2D eigenvalue weighted by molar-refractivity contribution is 9.10. The van der Waals surface area contributed by atoms with Gasteiger partial charge in [-0.15, -0.1) is 0 Å². The molecule has 0 spiro atoms. The highest BCUT2D eigenvalue weighted by atomic mass is 79.9. The predicted molar refractivity (Wildman–Crippen MR) is 68.2 cm³/mol. The summed E-state index contributed by atoms with van der Waals surface area (Å²) in [5.41, 5.74) is 0.715. The Hall–Kier alpha value is -1.38. The molecule has 1 saturated heterocycles. The lowest BCUT2D eigenvalue weighted by molar-refractivity contribution is 0.0599. The van der Waals surface area contributed by atoms with E-state index in [1.165, 1.54) is 7.11 Å². The van der Waals surface area contributed by atoms with E-state index in [1.54, 1.807) is 18.2 Å². The minimum atomic E-state index is -0.600. The van der Waals surface area contributed by atoms with E-state index in [9.17, 15) is 10.1 Å². The van der Waals surface area contributed by atoms with Crippen LogP contribution < -0.4 is 0 Å². The van der Waals surface area contributed by atoms with E-state index < -0.39 is 11.4 Å². The number of esters is 1. The van der Waals surface area contributed by atoms with E-state index in [-0.39, 0.29) is 0 Å². The molecule has 1 aliphatic heterocycles. The molecule has 4 nitrogen and oxygen atoms in total. The summed E-state index contributed by atoms with van der Waals surface area (Å²) in [5, 5.41) is 9.35. The highest BCUT2D eigenvalue weighted by Crippen LogP contribution is 2.34. The van der Waals surface area contributed by atoms with Crippen molar-refractivity contribution in [2.24, 2.45) is 0 Å². The van der Waals surface area contributed by atoms with Crippen molar-refractivity contribution in [3.8, 4) is 6.07 Å². The molecule has 1 unspecified atom stereocenters. The number of hydrogen-bond acceptors (Lipinski definition) is 4. The first-order valence-electron chi connectivity index (χ1n) is 5.50. The summed E-state index contributed by atoms with van der Waals surface area (Å²) in [6.07, 6.45) is 0.674. The maximum atomic E-state index is 11.5. The number of nitriles is 1. The summed E-state index contributed by atoms with van der Waals surface area (Å²) < 4.78 is 10.6. The van der Waals surface area contributed by atoms with E-state index in [1.807, 2.05) is 0 Å². The molecule has 2 rings (SSSR count). The van der Waals surface area contributed by atoms with Crippen molar-refractivity contribution in [3.63, 3.8) is 0 Å². The third kappa shape index (κ3) is 2.14.